The highest BCUT2D eigenvalue weighted by Gasteiger charge is 2.40. The van der Waals surface area contributed by atoms with Crippen LogP contribution in [0.2, 0.25) is 0 Å². The smallest absolute Gasteiger partial charge is 0.191 e. The molecule has 3 unspecified atom stereocenters. The van der Waals surface area contributed by atoms with Crippen LogP contribution in [0.15, 0.2) is 29.3 Å². The Morgan fingerprint density at radius 3 is 2.67 bits per heavy atom. The first kappa shape index (κ1) is 19.5. The SMILES string of the molecule is CCN=C(NC1CCS(=O)(=O)C1)NC1CC1c1ccccc1C.I. The van der Waals surface area contributed by atoms with Gasteiger partial charge in [0.25, 0.3) is 0 Å². The fourth-order valence-electron chi connectivity index (χ4n) is 3.27. The van der Waals surface area contributed by atoms with Gasteiger partial charge in [0.15, 0.2) is 15.8 Å². The number of aryl methyl sites for hydroxylation is 1. The van der Waals surface area contributed by atoms with Crippen LogP contribution in [0.1, 0.15) is 36.8 Å². The molecule has 1 saturated carbocycles. The Morgan fingerprint density at radius 1 is 1.29 bits per heavy atom. The van der Waals surface area contributed by atoms with Gasteiger partial charge in [-0.2, -0.15) is 0 Å². The molecule has 1 aliphatic heterocycles. The normalized spacial score (nSPS) is 28.1. The molecular weight excluding hydrogens is 437 g/mol. The van der Waals surface area contributed by atoms with Crippen LogP contribution in [-0.2, 0) is 9.84 Å². The lowest BCUT2D eigenvalue weighted by Gasteiger charge is -2.17. The van der Waals surface area contributed by atoms with Crippen molar-refractivity contribution in [1.82, 2.24) is 10.6 Å². The number of aliphatic imine (C=N–C) groups is 1. The van der Waals surface area contributed by atoms with Crippen LogP contribution in [0.5, 0.6) is 0 Å². The second kappa shape index (κ2) is 8.03. The molecule has 0 aromatic heterocycles. The number of benzene rings is 1. The van der Waals surface area contributed by atoms with Gasteiger partial charge >= 0.3 is 0 Å². The summed E-state index contributed by atoms with van der Waals surface area (Å²) in [6, 6.07) is 8.85. The molecule has 1 heterocycles. The van der Waals surface area contributed by atoms with E-state index in [-0.39, 0.29) is 41.5 Å². The van der Waals surface area contributed by atoms with Crippen LogP contribution in [-0.4, -0.2) is 44.5 Å². The molecular formula is C17H26IN3O2S. The predicted octanol–water partition coefficient (Wildman–Crippen LogP) is 2.21. The number of nitrogens with one attached hydrogen (secondary N) is 2. The summed E-state index contributed by atoms with van der Waals surface area (Å²) in [5, 5.41) is 6.76. The average molecular weight is 463 g/mol. The van der Waals surface area contributed by atoms with Gasteiger partial charge in [0, 0.05) is 24.5 Å². The number of rotatable bonds is 4. The largest absolute Gasteiger partial charge is 0.353 e. The Bertz CT molecular complexity index is 706. The second-order valence-electron chi connectivity index (χ2n) is 6.52. The maximum absolute atomic E-state index is 11.6. The highest BCUT2D eigenvalue weighted by atomic mass is 127. The first-order valence-corrected chi connectivity index (χ1v) is 10.1. The Labute approximate surface area is 161 Å². The van der Waals surface area contributed by atoms with E-state index >= 15 is 0 Å². The quantitative estimate of drug-likeness (QED) is 0.408. The van der Waals surface area contributed by atoms with E-state index in [1.807, 2.05) is 6.92 Å². The molecule has 2 fully saturated rings. The average Bonchev–Trinajstić information content (AvgIpc) is 3.15. The fraction of sp³-hybridized carbons (Fsp3) is 0.588. The van der Waals surface area contributed by atoms with Gasteiger partial charge in [0.05, 0.1) is 11.5 Å². The summed E-state index contributed by atoms with van der Waals surface area (Å²) in [5.74, 6) is 1.76. The van der Waals surface area contributed by atoms with Crippen molar-refractivity contribution in [3.8, 4) is 0 Å². The Kier molecular flexibility index (Phi) is 6.52. The van der Waals surface area contributed by atoms with Crippen molar-refractivity contribution >= 4 is 39.8 Å². The minimum atomic E-state index is -2.87. The lowest BCUT2D eigenvalue weighted by molar-refractivity contribution is 0.599. The van der Waals surface area contributed by atoms with E-state index < -0.39 is 9.84 Å². The summed E-state index contributed by atoms with van der Waals surface area (Å²) in [5.41, 5.74) is 2.72. The van der Waals surface area contributed by atoms with Crippen molar-refractivity contribution in [1.29, 1.82) is 0 Å². The predicted molar refractivity (Wildman–Crippen MR) is 109 cm³/mol. The highest BCUT2D eigenvalue weighted by molar-refractivity contribution is 14.0. The summed E-state index contributed by atoms with van der Waals surface area (Å²) in [4.78, 5) is 4.47. The molecule has 2 N–H and O–H groups in total. The third-order valence-corrected chi connectivity index (χ3v) is 6.36. The van der Waals surface area contributed by atoms with Gasteiger partial charge in [0.2, 0.25) is 0 Å². The molecule has 1 saturated heterocycles. The van der Waals surface area contributed by atoms with Crippen molar-refractivity contribution in [2.75, 3.05) is 18.1 Å². The summed E-state index contributed by atoms with van der Waals surface area (Å²) < 4.78 is 23.2. The number of halogens is 1. The van der Waals surface area contributed by atoms with Crippen molar-refractivity contribution in [3.63, 3.8) is 0 Å². The third-order valence-electron chi connectivity index (χ3n) is 4.59. The molecule has 3 rings (SSSR count). The first-order valence-electron chi connectivity index (χ1n) is 8.32. The zero-order valence-corrected chi connectivity index (χ0v) is 17.3. The molecule has 1 aromatic carbocycles. The van der Waals surface area contributed by atoms with Gasteiger partial charge < -0.3 is 10.6 Å². The minimum Gasteiger partial charge on any atom is -0.353 e. The molecule has 1 aliphatic carbocycles. The molecule has 7 heteroatoms. The maximum atomic E-state index is 11.6. The van der Waals surface area contributed by atoms with Crippen LogP contribution < -0.4 is 10.6 Å². The van der Waals surface area contributed by atoms with Gasteiger partial charge in [-0.3, -0.25) is 4.99 Å². The van der Waals surface area contributed by atoms with E-state index in [0.29, 0.717) is 24.9 Å². The van der Waals surface area contributed by atoms with E-state index in [2.05, 4.69) is 46.8 Å². The molecule has 0 radical (unpaired) electrons. The van der Waals surface area contributed by atoms with E-state index in [4.69, 9.17) is 0 Å². The summed E-state index contributed by atoms with van der Waals surface area (Å²) in [7, 11) is -2.87. The number of nitrogens with zero attached hydrogens (tertiary/aromatic N) is 1. The van der Waals surface area contributed by atoms with Crippen LogP contribution >= 0.6 is 24.0 Å². The Balaban J connectivity index is 0.00000208. The molecule has 1 aromatic rings. The summed E-state index contributed by atoms with van der Waals surface area (Å²) in [6.45, 7) is 4.81. The molecule has 0 bridgehead atoms. The zero-order valence-electron chi connectivity index (χ0n) is 14.2. The van der Waals surface area contributed by atoms with Crippen LogP contribution in [0.4, 0.5) is 0 Å². The van der Waals surface area contributed by atoms with Crippen LogP contribution in [0, 0.1) is 6.92 Å². The Hall–Kier alpha value is -0.830. The monoisotopic (exact) mass is 463 g/mol. The molecule has 5 nitrogen and oxygen atoms in total. The van der Waals surface area contributed by atoms with E-state index in [1.165, 1.54) is 11.1 Å². The van der Waals surface area contributed by atoms with Crippen LogP contribution in [0.3, 0.4) is 0 Å². The zero-order chi connectivity index (χ0) is 16.4. The summed E-state index contributed by atoms with van der Waals surface area (Å²) >= 11 is 0. The second-order valence-corrected chi connectivity index (χ2v) is 8.75. The number of hydrogen-bond donors (Lipinski definition) is 2. The highest BCUT2D eigenvalue weighted by Crippen LogP contribution is 2.42. The first-order chi connectivity index (χ1) is 11.0. The molecule has 0 spiro atoms. The van der Waals surface area contributed by atoms with Gasteiger partial charge in [-0.05, 0) is 37.8 Å². The maximum Gasteiger partial charge on any atom is 0.191 e. The molecule has 0 amide bonds. The lowest BCUT2D eigenvalue weighted by atomic mass is 10.0. The third kappa shape index (κ3) is 4.84. The number of guanidine groups is 1. The van der Waals surface area contributed by atoms with Crippen molar-refractivity contribution in [2.45, 2.75) is 44.7 Å². The van der Waals surface area contributed by atoms with Gasteiger partial charge in [0.1, 0.15) is 0 Å². The van der Waals surface area contributed by atoms with Crippen molar-refractivity contribution < 1.29 is 8.42 Å². The van der Waals surface area contributed by atoms with E-state index in [1.54, 1.807) is 0 Å². The van der Waals surface area contributed by atoms with Gasteiger partial charge in [-0.15, -0.1) is 24.0 Å². The topological polar surface area (TPSA) is 70.6 Å². The fourth-order valence-corrected chi connectivity index (χ4v) is 4.94. The lowest BCUT2D eigenvalue weighted by Crippen LogP contribution is -2.45. The summed E-state index contributed by atoms with van der Waals surface area (Å²) in [6.07, 6.45) is 1.76. The van der Waals surface area contributed by atoms with E-state index in [0.717, 1.165) is 12.4 Å². The molecule has 2 aliphatic rings. The minimum absolute atomic E-state index is 0. The van der Waals surface area contributed by atoms with E-state index in [9.17, 15) is 8.42 Å². The molecule has 3 atom stereocenters. The van der Waals surface area contributed by atoms with Crippen molar-refractivity contribution in [3.05, 3.63) is 35.4 Å². The number of sulfone groups is 1. The van der Waals surface area contributed by atoms with Crippen molar-refractivity contribution in [2.24, 2.45) is 4.99 Å². The standard InChI is InChI=1S/C17H25N3O2S.HI/c1-3-18-17(19-13-8-9-23(21,22)11-13)20-16-10-15(16)14-7-5-4-6-12(14)2;/h4-7,13,15-16H,3,8-11H2,1-2H3,(H2,18,19,20);1H. The van der Waals surface area contributed by atoms with Crippen LogP contribution in [0.25, 0.3) is 0 Å². The molecule has 134 valence electrons. The number of hydrogen-bond acceptors (Lipinski definition) is 3. The van der Waals surface area contributed by atoms with Gasteiger partial charge in [-0.1, -0.05) is 24.3 Å². The van der Waals surface area contributed by atoms with Gasteiger partial charge in [-0.25, -0.2) is 8.42 Å². The Morgan fingerprint density at radius 2 is 2.04 bits per heavy atom. The molecule has 24 heavy (non-hydrogen) atoms.